The quantitative estimate of drug-likeness (QED) is 0.673. The molecule has 1 heterocycles. The molecule has 1 amide bonds. The molecule has 1 aliphatic rings. The van der Waals surface area contributed by atoms with Crippen LogP contribution < -0.4 is 5.32 Å². The van der Waals surface area contributed by atoms with E-state index in [1.54, 1.807) is 7.11 Å². The van der Waals surface area contributed by atoms with Gasteiger partial charge in [-0.25, -0.2) is 0 Å². The van der Waals surface area contributed by atoms with Crippen molar-refractivity contribution >= 4 is 5.91 Å². The maximum atomic E-state index is 12.5. The lowest BCUT2D eigenvalue weighted by atomic mass is 10.1. The summed E-state index contributed by atoms with van der Waals surface area (Å²) < 4.78 is 42.3. The molecule has 0 aromatic rings. The molecule has 0 radical (unpaired) electrons. The molecule has 2 N–H and O–H groups in total. The molecule has 0 spiro atoms. The number of aliphatic hydroxyl groups is 1. The van der Waals surface area contributed by atoms with Crippen LogP contribution in [0.4, 0.5) is 13.2 Å². The van der Waals surface area contributed by atoms with Gasteiger partial charge in [-0.2, -0.15) is 13.2 Å². The maximum absolute atomic E-state index is 12.5. The van der Waals surface area contributed by atoms with E-state index in [1.165, 1.54) is 4.90 Å². The Morgan fingerprint density at radius 1 is 1.55 bits per heavy atom. The Balaban J connectivity index is 2.40. The minimum atomic E-state index is -4.65. The minimum absolute atomic E-state index is 0.120. The second-order valence-corrected chi connectivity index (χ2v) is 4.86. The van der Waals surface area contributed by atoms with Gasteiger partial charge in [-0.15, -0.1) is 0 Å². The second kappa shape index (κ2) is 7.80. The topological polar surface area (TPSA) is 61.8 Å². The summed E-state index contributed by atoms with van der Waals surface area (Å²) in [6.45, 7) is 1.21. The number of nitrogens with zero attached hydrogens (tertiary/aromatic N) is 1. The predicted octanol–water partition coefficient (Wildman–Crippen LogP) is 0.527. The molecule has 20 heavy (non-hydrogen) atoms. The first-order chi connectivity index (χ1) is 9.36. The smallest absolute Gasteiger partial charge is 0.385 e. The fraction of sp³-hybridized carbons (Fsp3) is 0.917. The molecule has 0 aliphatic carbocycles. The summed E-state index contributed by atoms with van der Waals surface area (Å²) in [7, 11) is 1.55. The summed E-state index contributed by atoms with van der Waals surface area (Å²) in [5.74, 6) is -0.331. The summed E-state index contributed by atoms with van der Waals surface area (Å²) in [6, 6.07) is -1.03. The second-order valence-electron chi connectivity index (χ2n) is 4.86. The van der Waals surface area contributed by atoms with E-state index < -0.39 is 18.3 Å². The van der Waals surface area contributed by atoms with E-state index in [1.807, 2.05) is 0 Å². The van der Waals surface area contributed by atoms with Crippen molar-refractivity contribution in [2.75, 3.05) is 33.4 Å². The number of methoxy groups -OCH3 is 1. The highest BCUT2D eigenvalue weighted by Gasteiger charge is 2.47. The molecule has 0 unspecified atom stereocenters. The average Bonchev–Trinajstić information content (AvgIpc) is 2.80. The Bertz CT molecular complexity index is 313. The Labute approximate surface area is 116 Å². The minimum Gasteiger partial charge on any atom is -0.385 e. The zero-order valence-electron chi connectivity index (χ0n) is 11.4. The highest BCUT2D eigenvalue weighted by Crippen LogP contribution is 2.30. The molecule has 1 aliphatic heterocycles. The van der Waals surface area contributed by atoms with Gasteiger partial charge in [-0.05, 0) is 25.8 Å². The average molecular weight is 298 g/mol. The number of hydrogen-bond donors (Lipinski definition) is 2. The van der Waals surface area contributed by atoms with Crippen LogP contribution in [-0.2, 0) is 9.53 Å². The van der Waals surface area contributed by atoms with E-state index in [2.05, 4.69) is 5.32 Å². The van der Waals surface area contributed by atoms with Gasteiger partial charge in [-0.1, -0.05) is 0 Å². The molecular formula is C12H21F3N2O3. The highest BCUT2D eigenvalue weighted by atomic mass is 19.4. The fourth-order valence-electron chi connectivity index (χ4n) is 2.31. The molecular weight excluding hydrogens is 277 g/mol. The molecule has 5 nitrogen and oxygen atoms in total. The number of nitrogens with one attached hydrogen (secondary N) is 1. The number of aliphatic hydroxyl groups excluding tert-OH is 1. The molecule has 2 atom stereocenters. The number of carbonyl (C=O) groups excluding carboxylic acids is 1. The third kappa shape index (κ3) is 5.26. The Hall–Kier alpha value is -0.860. The van der Waals surface area contributed by atoms with E-state index in [4.69, 9.17) is 4.74 Å². The number of rotatable bonds is 7. The van der Waals surface area contributed by atoms with E-state index in [9.17, 15) is 23.1 Å². The number of likely N-dealkylation sites (tertiary alicyclic amines) is 1. The Kier molecular flexibility index (Phi) is 6.70. The first-order valence-corrected chi connectivity index (χ1v) is 6.60. The molecule has 1 rings (SSSR count). The van der Waals surface area contributed by atoms with Crippen LogP contribution in [0.5, 0.6) is 0 Å². The van der Waals surface area contributed by atoms with Crippen molar-refractivity contribution in [1.29, 1.82) is 0 Å². The van der Waals surface area contributed by atoms with Crippen molar-refractivity contribution in [3.63, 3.8) is 0 Å². The molecule has 1 saturated heterocycles. The van der Waals surface area contributed by atoms with E-state index in [0.717, 1.165) is 0 Å². The van der Waals surface area contributed by atoms with Crippen molar-refractivity contribution < 1.29 is 27.8 Å². The van der Waals surface area contributed by atoms with Gasteiger partial charge in [-0.3, -0.25) is 9.69 Å². The molecule has 1 fully saturated rings. The molecule has 8 heteroatoms. The number of carbonyl (C=O) groups is 1. The van der Waals surface area contributed by atoms with Gasteiger partial charge in [0, 0.05) is 26.3 Å². The van der Waals surface area contributed by atoms with Crippen molar-refractivity contribution in [2.24, 2.45) is 0 Å². The third-order valence-corrected chi connectivity index (χ3v) is 3.31. The molecule has 0 aromatic heterocycles. The lowest BCUT2D eigenvalue weighted by Gasteiger charge is -2.29. The predicted molar refractivity (Wildman–Crippen MR) is 66.2 cm³/mol. The summed E-state index contributed by atoms with van der Waals surface area (Å²) in [6.07, 6.45) is -5.60. The van der Waals surface area contributed by atoms with Crippen molar-refractivity contribution in [3.8, 4) is 0 Å². The van der Waals surface area contributed by atoms with Crippen LogP contribution in [0, 0.1) is 0 Å². The van der Waals surface area contributed by atoms with Crippen molar-refractivity contribution in [1.82, 2.24) is 10.2 Å². The number of halogens is 3. The molecule has 0 aromatic carbocycles. The van der Waals surface area contributed by atoms with Gasteiger partial charge in [0.1, 0.15) is 0 Å². The lowest BCUT2D eigenvalue weighted by Crippen LogP contribution is -2.49. The number of ether oxygens (including phenoxy) is 1. The van der Waals surface area contributed by atoms with Gasteiger partial charge >= 0.3 is 6.18 Å². The molecule has 0 saturated carbocycles. The SMILES string of the molecule is COCCCNC(=O)CN1CCC[C@H]1[C@H](O)C(F)(F)F. The standard InChI is InChI=1S/C12H21F3N2O3/c1-20-7-3-5-16-10(18)8-17-6-2-4-9(17)11(19)12(13,14)15/h9,11,19H,2-8H2,1H3,(H,16,18)/t9-,11-/m0/s1. The van der Waals surface area contributed by atoms with Gasteiger partial charge in [0.25, 0.3) is 0 Å². The number of hydrogen-bond acceptors (Lipinski definition) is 4. The summed E-state index contributed by atoms with van der Waals surface area (Å²) in [5.41, 5.74) is 0. The maximum Gasteiger partial charge on any atom is 0.415 e. The van der Waals surface area contributed by atoms with Crippen LogP contribution >= 0.6 is 0 Å². The zero-order chi connectivity index (χ0) is 15.2. The number of alkyl halides is 3. The van der Waals surface area contributed by atoms with Gasteiger partial charge in [0.05, 0.1) is 6.54 Å². The fourth-order valence-corrected chi connectivity index (χ4v) is 2.31. The summed E-state index contributed by atoms with van der Waals surface area (Å²) in [4.78, 5) is 13.0. The van der Waals surface area contributed by atoms with Crippen molar-refractivity contribution in [2.45, 2.75) is 37.6 Å². The van der Waals surface area contributed by atoms with Crippen LogP contribution in [0.2, 0.25) is 0 Å². The Morgan fingerprint density at radius 2 is 2.25 bits per heavy atom. The van der Waals surface area contributed by atoms with Gasteiger partial charge < -0.3 is 15.2 Å². The Morgan fingerprint density at radius 3 is 2.85 bits per heavy atom. The van der Waals surface area contributed by atoms with E-state index >= 15 is 0 Å². The van der Waals surface area contributed by atoms with E-state index in [-0.39, 0.29) is 18.9 Å². The highest BCUT2D eigenvalue weighted by molar-refractivity contribution is 5.78. The lowest BCUT2D eigenvalue weighted by molar-refractivity contribution is -0.219. The van der Waals surface area contributed by atoms with Gasteiger partial charge in [0.15, 0.2) is 6.10 Å². The largest absolute Gasteiger partial charge is 0.415 e. The van der Waals surface area contributed by atoms with Crippen LogP contribution in [0.15, 0.2) is 0 Å². The third-order valence-electron chi connectivity index (χ3n) is 3.31. The summed E-state index contributed by atoms with van der Waals surface area (Å²) >= 11 is 0. The number of amides is 1. The molecule has 118 valence electrons. The summed E-state index contributed by atoms with van der Waals surface area (Å²) in [5, 5.41) is 11.9. The first-order valence-electron chi connectivity index (χ1n) is 6.60. The first kappa shape index (κ1) is 17.2. The van der Waals surface area contributed by atoms with E-state index in [0.29, 0.717) is 32.5 Å². The monoisotopic (exact) mass is 298 g/mol. The van der Waals surface area contributed by atoms with Crippen LogP contribution in [0.25, 0.3) is 0 Å². The van der Waals surface area contributed by atoms with Crippen LogP contribution in [-0.4, -0.2) is 67.6 Å². The van der Waals surface area contributed by atoms with Crippen LogP contribution in [0.3, 0.4) is 0 Å². The molecule has 0 bridgehead atoms. The normalized spacial score (nSPS) is 21.9. The van der Waals surface area contributed by atoms with Crippen molar-refractivity contribution in [3.05, 3.63) is 0 Å². The van der Waals surface area contributed by atoms with Crippen LogP contribution in [0.1, 0.15) is 19.3 Å². The zero-order valence-corrected chi connectivity index (χ0v) is 11.4. The van der Waals surface area contributed by atoms with Gasteiger partial charge in [0.2, 0.25) is 5.91 Å².